The predicted octanol–water partition coefficient (Wildman–Crippen LogP) is 4.32. The second-order valence-electron chi connectivity index (χ2n) is 9.63. The second kappa shape index (κ2) is 12.3. The maximum Gasteiger partial charge on any atom is 0.369 e. The van der Waals surface area contributed by atoms with E-state index in [1.54, 1.807) is 25.3 Å². The molecule has 18 nitrogen and oxygen atoms in total. The van der Waals surface area contributed by atoms with Crippen molar-refractivity contribution in [3.8, 4) is 0 Å². The minimum atomic E-state index is -1.46. The van der Waals surface area contributed by atoms with Gasteiger partial charge in [-0.15, -0.1) is 40.9 Å². The van der Waals surface area contributed by atoms with Crippen LogP contribution in [0.2, 0.25) is 0 Å². The lowest BCUT2D eigenvalue weighted by atomic mass is 10.1. The standard InChI is InChI=1S/C24H32N10O8/c1-6-23(7-2)39-17(35)15(18(36)40-23)27-31-21-29-25-12-33(21)11-9-10-24(8-3)41-19(37)16(20(38)42-24)28-32-22-30-26-13-34(22)14(4)5/h12-14,35,37H,6-11H2,1-5H3. The van der Waals surface area contributed by atoms with Crippen LogP contribution in [0.5, 0.6) is 0 Å². The summed E-state index contributed by atoms with van der Waals surface area (Å²) in [5.41, 5.74) is -1.01. The molecule has 2 aromatic rings. The third kappa shape index (κ3) is 6.21. The lowest BCUT2D eigenvalue weighted by molar-refractivity contribution is -0.243. The molecule has 18 heteroatoms. The molecular weight excluding hydrogens is 556 g/mol. The number of aromatic nitrogens is 6. The molecule has 42 heavy (non-hydrogen) atoms. The Morgan fingerprint density at radius 3 is 1.88 bits per heavy atom. The number of azo groups is 2. The highest BCUT2D eigenvalue weighted by Crippen LogP contribution is 2.35. The Morgan fingerprint density at radius 1 is 0.786 bits per heavy atom. The van der Waals surface area contributed by atoms with Crippen LogP contribution in [-0.2, 0) is 35.1 Å². The zero-order valence-electron chi connectivity index (χ0n) is 23.8. The molecule has 226 valence electrons. The van der Waals surface area contributed by atoms with Crippen molar-refractivity contribution in [1.82, 2.24) is 29.5 Å². The SMILES string of the molecule is CCC1(CC)OC(=O)C(N=Nc2nncn2CCCC2(CC)OC(=O)C(N=Nc3nncn3C(C)C)=C(O)O2)=C(O)O1. The van der Waals surface area contributed by atoms with Crippen molar-refractivity contribution in [3.05, 3.63) is 35.9 Å². The molecule has 1 unspecified atom stereocenters. The van der Waals surface area contributed by atoms with Crippen molar-refractivity contribution >= 4 is 23.8 Å². The first-order valence-corrected chi connectivity index (χ1v) is 13.4. The quantitative estimate of drug-likeness (QED) is 0.261. The number of hydrogen-bond acceptors (Lipinski definition) is 16. The highest BCUT2D eigenvalue weighted by Gasteiger charge is 2.43. The first kappa shape index (κ1) is 30.1. The van der Waals surface area contributed by atoms with Gasteiger partial charge in [0.05, 0.1) is 0 Å². The van der Waals surface area contributed by atoms with E-state index in [0.29, 0.717) is 19.3 Å². The Kier molecular flexibility index (Phi) is 8.82. The molecule has 0 fully saturated rings. The van der Waals surface area contributed by atoms with E-state index >= 15 is 0 Å². The molecule has 1 atom stereocenters. The Morgan fingerprint density at radius 2 is 1.31 bits per heavy atom. The van der Waals surface area contributed by atoms with Crippen LogP contribution in [-0.4, -0.2) is 63.3 Å². The van der Waals surface area contributed by atoms with E-state index in [9.17, 15) is 19.8 Å². The van der Waals surface area contributed by atoms with Gasteiger partial charge in [-0.3, -0.25) is 9.13 Å². The van der Waals surface area contributed by atoms with Gasteiger partial charge in [-0.25, -0.2) is 9.59 Å². The van der Waals surface area contributed by atoms with Gasteiger partial charge in [0.1, 0.15) is 12.7 Å². The van der Waals surface area contributed by atoms with E-state index < -0.39 is 46.8 Å². The van der Waals surface area contributed by atoms with Crippen molar-refractivity contribution in [3.63, 3.8) is 0 Å². The third-order valence-electron chi connectivity index (χ3n) is 6.67. The van der Waals surface area contributed by atoms with Crippen LogP contribution < -0.4 is 0 Å². The monoisotopic (exact) mass is 588 g/mol. The maximum atomic E-state index is 12.7. The third-order valence-corrected chi connectivity index (χ3v) is 6.67. The molecule has 2 aromatic heterocycles. The molecule has 0 saturated carbocycles. The largest absolute Gasteiger partial charge is 0.479 e. The summed E-state index contributed by atoms with van der Waals surface area (Å²) in [5, 5.41) is 51.3. The number of hydrogen-bond donors (Lipinski definition) is 2. The predicted molar refractivity (Wildman–Crippen MR) is 139 cm³/mol. The second-order valence-corrected chi connectivity index (χ2v) is 9.63. The number of carbonyl (C=O) groups is 2. The molecule has 2 aliphatic rings. The van der Waals surface area contributed by atoms with Crippen molar-refractivity contribution < 1.29 is 38.7 Å². The lowest BCUT2D eigenvalue weighted by Gasteiger charge is -2.35. The van der Waals surface area contributed by atoms with Gasteiger partial charge in [0, 0.05) is 38.3 Å². The average molecular weight is 589 g/mol. The minimum Gasteiger partial charge on any atom is -0.479 e. The number of rotatable bonds is 12. The Hall–Kier alpha value is -4.90. The molecule has 0 saturated heterocycles. The van der Waals surface area contributed by atoms with Crippen LogP contribution >= 0.6 is 0 Å². The topological polar surface area (TPSA) is 222 Å². The van der Waals surface area contributed by atoms with E-state index in [1.165, 1.54) is 17.2 Å². The van der Waals surface area contributed by atoms with Gasteiger partial charge in [0.15, 0.2) is 0 Å². The zero-order chi connectivity index (χ0) is 30.5. The van der Waals surface area contributed by atoms with Gasteiger partial charge in [-0.1, -0.05) is 20.8 Å². The summed E-state index contributed by atoms with van der Waals surface area (Å²) in [5.74, 6) is -5.77. The van der Waals surface area contributed by atoms with E-state index in [2.05, 4.69) is 40.9 Å². The number of aliphatic hydroxyl groups excluding tert-OH is 2. The Bertz CT molecular complexity index is 1440. The van der Waals surface area contributed by atoms with Crippen LogP contribution in [0.15, 0.2) is 56.4 Å². The summed E-state index contributed by atoms with van der Waals surface area (Å²) < 4.78 is 25.0. The van der Waals surface area contributed by atoms with Gasteiger partial charge >= 0.3 is 23.8 Å². The molecular formula is C24H32N10O8. The van der Waals surface area contributed by atoms with E-state index in [1.807, 2.05) is 13.8 Å². The van der Waals surface area contributed by atoms with E-state index in [0.717, 1.165) is 0 Å². The summed E-state index contributed by atoms with van der Waals surface area (Å²) >= 11 is 0. The van der Waals surface area contributed by atoms with Gasteiger partial charge < -0.3 is 29.2 Å². The Balaban J connectivity index is 1.41. The van der Waals surface area contributed by atoms with Gasteiger partial charge in [0.2, 0.25) is 0 Å². The average Bonchev–Trinajstić information content (AvgIpc) is 3.61. The molecule has 4 heterocycles. The smallest absolute Gasteiger partial charge is 0.369 e. The number of ether oxygens (including phenoxy) is 4. The van der Waals surface area contributed by atoms with Gasteiger partial charge in [-0.05, 0) is 20.3 Å². The zero-order valence-corrected chi connectivity index (χ0v) is 23.8. The summed E-state index contributed by atoms with van der Waals surface area (Å²) in [6.07, 6.45) is 4.26. The molecule has 0 aromatic carbocycles. The molecule has 2 aliphatic heterocycles. The summed E-state index contributed by atoms with van der Waals surface area (Å²) in [6.45, 7) is 9.30. The van der Waals surface area contributed by atoms with Crippen LogP contribution in [0.1, 0.15) is 72.8 Å². The first-order chi connectivity index (χ1) is 20.1. The van der Waals surface area contributed by atoms with E-state index in [-0.39, 0.29) is 37.3 Å². The van der Waals surface area contributed by atoms with Crippen LogP contribution in [0, 0.1) is 0 Å². The summed E-state index contributed by atoms with van der Waals surface area (Å²) in [4.78, 5) is 25.1. The van der Waals surface area contributed by atoms with Crippen LogP contribution in [0.25, 0.3) is 0 Å². The summed E-state index contributed by atoms with van der Waals surface area (Å²) in [7, 11) is 0. The fraction of sp³-hybridized carbons (Fsp3) is 0.583. The van der Waals surface area contributed by atoms with Crippen LogP contribution in [0.3, 0.4) is 0 Å². The molecule has 2 N–H and O–H groups in total. The fourth-order valence-corrected chi connectivity index (χ4v) is 4.09. The van der Waals surface area contributed by atoms with Crippen molar-refractivity contribution in [2.75, 3.05) is 0 Å². The number of aliphatic hydroxyl groups is 2. The Labute approximate surface area is 239 Å². The molecule has 4 rings (SSSR count). The van der Waals surface area contributed by atoms with Crippen LogP contribution in [0.4, 0.5) is 11.9 Å². The number of nitrogens with zero attached hydrogens (tertiary/aromatic N) is 10. The number of cyclic esters (lactones) is 2. The normalized spacial score (nSPS) is 20.8. The molecule has 0 amide bonds. The number of esters is 2. The molecule has 0 aliphatic carbocycles. The lowest BCUT2D eigenvalue weighted by Crippen LogP contribution is -2.42. The van der Waals surface area contributed by atoms with Crippen molar-refractivity contribution in [1.29, 1.82) is 0 Å². The van der Waals surface area contributed by atoms with E-state index in [4.69, 9.17) is 18.9 Å². The number of carbonyl (C=O) groups excluding carboxylic acids is 2. The fourth-order valence-electron chi connectivity index (χ4n) is 4.09. The highest BCUT2D eigenvalue weighted by molar-refractivity contribution is 5.89. The first-order valence-electron chi connectivity index (χ1n) is 13.4. The number of aryl methyl sites for hydroxylation is 1. The maximum absolute atomic E-state index is 12.7. The molecule has 0 radical (unpaired) electrons. The van der Waals surface area contributed by atoms with Gasteiger partial charge in [0.25, 0.3) is 34.9 Å². The highest BCUT2D eigenvalue weighted by atomic mass is 16.8. The van der Waals surface area contributed by atoms with Gasteiger partial charge in [-0.2, -0.15) is 0 Å². The minimum absolute atomic E-state index is 0.00425. The molecule has 0 bridgehead atoms. The summed E-state index contributed by atoms with van der Waals surface area (Å²) in [6, 6.07) is -0.00425. The molecule has 0 spiro atoms. The van der Waals surface area contributed by atoms with Crippen molar-refractivity contribution in [2.45, 2.75) is 90.9 Å². The van der Waals surface area contributed by atoms with Crippen molar-refractivity contribution in [2.24, 2.45) is 20.5 Å².